The van der Waals surface area contributed by atoms with Crippen LogP contribution in [0.3, 0.4) is 0 Å². The van der Waals surface area contributed by atoms with Gasteiger partial charge < -0.3 is 14.6 Å². The number of unbranched alkanes of at least 4 members (excludes halogenated alkanes) is 2. The Hall–Kier alpha value is -0.870. The van der Waals surface area contributed by atoms with Gasteiger partial charge in [-0.15, -0.1) is 0 Å². The third-order valence-electron chi connectivity index (χ3n) is 2.24. The number of carbonyl (C=O) groups is 1. The number of hydrogen-bond acceptors (Lipinski definition) is 3. The van der Waals surface area contributed by atoms with Crippen molar-refractivity contribution < 1.29 is 19.4 Å². The summed E-state index contributed by atoms with van der Waals surface area (Å²) in [6, 6.07) is 0. The molecule has 1 unspecified atom stereocenters. The highest BCUT2D eigenvalue weighted by atomic mass is 16.6. The summed E-state index contributed by atoms with van der Waals surface area (Å²) < 4.78 is 10.3. The van der Waals surface area contributed by atoms with E-state index in [0.29, 0.717) is 18.3 Å². The number of allylic oxidation sites excluding steroid dienone is 1. The SMILES string of the molecule is C/C(=C\CCCCOCC1CO1)C(=O)O. The van der Waals surface area contributed by atoms with Gasteiger partial charge in [-0.1, -0.05) is 6.08 Å². The fraction of sp³-hybridized carbons (Fsp3) is 0.727. The number of hydrogen-bond donors (Lipinski definition) is 1. The molecule has 0 bridgehead atoms. The van der Waals surface area contributed by atoms with Crippen LogP contribution in [0.5, 0.6) is 0 Å². The van der Waals surface area contributed by atoms with Crippen molar-refractivity contribution in [3.8, 4) is 0 Å². The van der Waals surface area contributed by atoms with E-state index >= 15 is 0 Å². The van der Waals surface area contributed by atoms with E-state index in [9.17, 15) is 4.79 Å². The first-order valence-electron chi connectivity index (χ1n) is 5.29. The summed E-state index contributed by atoms with van der Waals surface area (Å²) in [5, 5.41) is 8.58. The molecule has 0 saturated carbocycles. The summed E-state index contributed by atoms with van der Waals surface area (Å²) in [5.41, 5.74) is 0.419. The van der Waals surface area contributed by atoms with Crippen molar-refractivity contribution >= 4 is 5.97 Å². The predicted octanol–water partition coefficient (Wildman–Crippen LogP) is 1.60. The van der Waals surface area contributed by atoms with Crippen LogP contribution in [-0.2, 0) is 14.3 Å². The van der Waals surface area contributed by atoms with E-state index in [0.717, 1.165) is 32.5 Å². The number of aliphatic carboxylic acids is 1. The lowest BCUT2D eigenvalue weighted by atomic mass is 10.2. The molecule has 1 N–H and O–H groups in total. The molecule has 1 atom stereocenters. The van der Waals surface area contributed by atoms with Gasteiger partial charge in [-0.2, -0.15) is 0 Å². The van der Waals surface area contributed by atoms with E-state index in [1.165, 1.54) is 0 Å². The quantitative estimate of drug-likeness (QED) is 0.379. The first-order chi connectivity index (χ1) is 7.20. The van der Waals surface area contributed by atoms with Gasteiger partial charge in [0.15, 0.2) is 0 Å². The Morgan fingerprint density at radius 2 is 2.33 bits per heavy atom. The summed E-state index contributed by atoms with van der Waals surface area (Å²) in [6.45, 7) is 3.88. The van der Waals surface area contributed by atoms with Gasteiger partial charge in [0, 0.05) is 12.2 Å². The maximum Gasteiger partial charge on any atom is 0.330 e. The number of rotatable bonds is 8. The fourth-order valence-electron chi connectivity index (χ4n) is 1.13. The van der Waals surface area contributed by atoms with Crippen LogP contribution in [0.25, 0.3) is 0 Å². The Bertz CT molecular complexity index is 231. The average Bonchev–Trinajstić information content (AvgIpc) is 2.99. The van der Waals surface area contributed by atoms with E-state index in [1.807, 2.05) is 0 Å². The van der Waals surface area contributed by atoms with E-state index in [-0.39, 0.29) is 0 Å². The van der Waals surface area contributed by atoms with Crippen LogP contribution in [0.1, 0.15) is 26.2 Å². The van der Waals surface area contributed by atoms with Crippen LogP contribution in [-0.4, -0.2) is 37.0 Å². The van der Waals surface area contributed by atoms with Gasteiger partial charge in [0.1, 0.15) is 6.10 Å². The minimum Gasteiger partial charge on any atom is -0.478 e. The standard InChI is InChI=1S/C11H18O4/c1-9(11(12)13)5-3-2-4-6-14-7-10-8-15-10/h5,10H,2-4,6-8H2,1H3,(H,12,13)/b9-5+. The summed E-state index contributed by atoms with van der Waals surface area (Å²) >= 11 is 0. The highest BCUT2D eigenvalue weighted by molar-refractivity contribution is 5.85. The lowest BCUT2D eigenvalue weighted by Gasteiger charge is -2.00. The van der Waals surface area contributed by atoms with Gasteiger partial charge in [-0.05, 0) is 26.2 Å². The number of carboxylic acid groups (broad SMARTS) is 1. The van der Waals surface area contributed by atoms with Gasteiger partial charge in [-0.3, -0.25) is 0 Å². The van der Waals surface area contributed by atoms with Gasteiger partial charge in [0.2, 0.25) is 0 Å². The predicted molar refractivity (Wildman–Crippen MR) is 55.8 cm³/mol. The van der Waals surface area contributed by atoms with Crippen molar-refractivity contribution in [3.05, 3.63) is 11.6 Å². The van der Waals surface area contributed by atoms with Crippen LogP contribution in [0, 0.1) is 0 Å². The van der Waals surface area contributed by atoms with Gasteiger partial charge in [-0.25, -0.2) is 4.79 Å². The third-order valence-corrected chi connectivity index (χ3v) is 2.24. The summed E-state index contributed by atoms with van der Waals surface area (Å²) in [5.74, 6) is -0.836. The zero-order chi connectivity index (χ0) is 11.1. The van der Waals surface area contributed by atoms with Crippen molar-refractivity contribution in [2.45, 2.75) is 32.3 Å². The largest absolute Gasteiger partial charge is 0.478 e. The molecule has 86 valence electrons. The molecule has 0 amide bonds. The monoisotopic (exact) mass is 214 g/mol. The average molecular weight is 214 g/mol. The van der Waals surface area contributed by atoms with Gasteiger partial charge >= 0.3 is 5.97 Å². The van der Waals surface area contributed by atoms with Crippen LogP contribution >= 0.6 is 0 Å². The molecule has 0 aromatic heterocycles. The molecule has 0 aromatic rings. The molecule has 1 saturated heterocycles. The zero-order valence-corrected chi connectivity index (χ0v) is 9.07. The Morgan fingerprint density at radius 3 is 2.93 bits per heavy atom. The molecular weight excluding hydrogens is 196 g/mol. The van der Waals surface area contributed by atoms with Crippen molar-refractivity contribution in [3.63, 3.8) is 0 Å². The molecule has 0 radical (unpaired) electrons. The normalized spacial score (nSPS) is 20.3. The zero-order valence-electron chi connectivity index (χ0n) is 9.07. The van der Waals surface area contributed by atoms with Crippen molar-refractivity contribution in [1.82, 2.24) is 0 Å². The third kappa shape index (κ3) is 6.25. The number of ether oxygens (including phenoxy) is 2. The second-order valence-corrected chi connectivity index (χ2v) is 3.72. The van der Waals surface area contributed by atoms with Gasteiger partial charge in [0.05, 0.1) is 13.2 Å². The lowest BCUT2D eigenvalue weighted by Crippen LogP contribution is -2.02. The lowest BCUT2D eigenvalue weighted by molar-refractivity contribution is -0.132. The highest BCUT2D eigenvalue weighted by Gasteiger charge is 2.21. The Balaban J connectivity index is 1.87. The molecule has 1 aliphatic heterocycles. The minimum atomic E-state index is -0.836. The molecule has 1 fully saturated rings. The Labute approximate surface area is 89.9 Å². The molecule has 0 aliphatic carbocycles. The second kappa shape index (κ2) is 6.58. The summed E-state index contributed by atoms with van der Waals surface area (Å²) in [6.07, 6.45) is 4.83. The molecule has 0 aromatic carbocycles. The smallest absolute Gasteiger partial charge is 0.330 e. The van der Waals surface area contributed by atoms with Crippen LogP contribution in [0.2, 0.25) is 0 Å². The minimum absolute atomic E-state index is 0.333. The summed E-state index contributed by atoms with van der Waals surface area (Å²) in [4.78, 5) is 10.4. The molecular formula is C11H18O4. The molecule has 1 rings (SSSR count). The first-order valence-corrected chi connectivity index (χ1v) is 5.29. The van der Waals surface area contributed by atoms with E-state index in [1.54, 1.807) is 13.0 Å². The van der Waals surface area contributed by atoms with E-state index in [4.69, 9.17) is 14.6 Å². The summed E-state index contributed by atoms with van der Waals surface area (Å²) in [7, 11) is 0. The molecule has 15 heavy (non-hydrogen) atoms. The van der Waals surface area contributed by atoms with Crippen LogP contribution in [0.4, 0.5) is 0 Å². The molecule has 4 heteroatoms. The molecule has 4 nitrogen and oxygen atoms in total. The van der Waals surface area contributed by atoms with E-state index in [2.05, 4.69) is 0 Å². The van der Waals surface area contributed by atoms with Crippen LogP contribution < -0.4 is 0 Å². The van der Waals surface area contributed by atoms with Crippen molar-refractivity contribution in [2.75, 3.05) is 19.8 Å². The Morgan fingerprint density at radius 1 is 1.60 bits per heavy atom. The first kappa shape index (κ1) is 12.2. The van der Waals surface area contributed by atoms with Crippen LogP contribution in [0.15, 0.2) is 11.6 Å². The number of epoxide rings is 1. The molecule has 1 heterocycles. The molecule has 0 spiro atoms. The fourth-order valence-corrected chi connectivity index (χ4v) is 1.13. The molecule has 1 aliphatic rings. The van der Waals surface area contributed by atoms with E-state index < -0.39 is 5.97 Å². The second-order valence-electron chi connectivity index (χ2n) is 3.72. The number of carboxylic acids is 1. The maximum absolute atomic E-state index is 10.4. The topological polar surface area (TPSA) is 59.1 Å². The van der Waals surface area contributed by atoms with Crippen molar-refractivity contribution in [2.24, 2.45) is 0 Å². The maximum atomic E-state index is 10.4. The van der Waals surface area contributed by atoms with Gasteiger partial charge in [0.25, 0.3) is 0 Å². The van der Waals surface area contributed by atoms with Crippen molar-refractivity contribution in [1.29, 1.82) is 0 Å². The Kier molecular flexibility index (Phi) is 5.36. The highest BCUT2D eigenvalue weighted by Crippen LogP contribution is 2.09.